The van der Waals surface area contributed by atoms with E-state index in [1.165, 1.54) is 0 Å². The average molecular weight is 413 g/mol. The molecule has 2 aliphatic rings. The molecule has 0 unspecified atom stereocenters. The van der Waals surface area contributed by atoms with Crippen LogP contribution in [0.25, 0.3) is 0 Å². The number of hydrogen-bond donors (Lipinski definition) is 0. The SMILES string of the molecule is CCOC(=O)[C@@H]1C[C@@H](ON2C(C)(C)CCCC2(C)C)C(=O)N1C(=O)OC(C)(C)C. The first-order valence-electron chi connectivity index (χ1n) is 10.4. The van der Waals surface area contributed by atoms with Gasteiger partial charge in [-0.2, -0.15) is 5.06 Å². The Hall–Kier alpha value is -1.67. The van der Waals surface area contributed by atoms with Gasteiger partial charge in [-0.15, -0.1) is 0 Å². The predicted molar refractivity (Wildman–Crippen MR) is 107 cm³/mol. The first kappa shape index (κ1) is 23.6. The highest BCUT2D eigenvalue weighted by Gasteiger charge is 2.53. The molecule has 8 heteroatoms. The molecule has 166 valence electrons. The van der Waals surface area contributed by atoms with Crippen molar-refractivity contribution in [3.8, 4) is 0 Å². The number of carbonyl (C=O) groups excluding carboxylic acids is 3. The summed E-state index contributed by atoms with van der Waals surface area (Å²) in [4.78, 5) is 45.3. The normalized spacial score (nSPS) is 27.0. The molecule has 2 saturated heterocycles. The van der Waals surface area contributed by atoms with Crippen molar-refractivity contribution in [2.45, 2.75) is 110 Å². The van der Waals surface area contributed by atoms with E-state index < -0.39 is 35.7 Å². The van der Waals surface area contributed by atoms with Crippen molar-refractivity contribution < 1.29 is 28.7 Å². The molecule has 0 bridgehead atoms. The van der Waals surface area contributed by atoms with Gasteiger partial charge in [0.25, 0.3) is 5.91 Å². The predicted octanol–water partition coefficient (Wildman–Crippen LogP) is 3.43. The van der Waals surface area contributed by atoms with Crippen LogP contribution >= 0.6 is 0 Å². The molecule has 2 heterocycles. The molecule has 0 radical (unpaired) electrons. The van der Waals surface area contributed by atoms with Crippen molar-refractivity contribution in [3.05, 3.63) is 0 Å². The number of rotatable bonds is 4. The summed E-state index contributed by atoms with van der Waals surface area (Å²) < 4.78 is 10.5. The summed E-state index contributed by atoms with van der Waals surface area (Å²) in [5.41, 5.74) is -1.35. The minimum atomic E-state index is -1.06. The van der Waals surface area contributed by atoms with Crippen LogP contribution in [0.3, 0.4) is 0 Å². The molecule has 2 aliphatic heterocycles. The number of ether oxygens (including phenoxy) is 2. The Balaban J connectivity index is 2.28. The molecule has 0 saturated carbocycles. The Morgan fingerprint density at radius 2 is 1.66 bits per heavy atom. The van der Waals surface area contributed by atoms with Gasteiger partial charge in [0.1, 0.15) is 11.6 Å². The van der Waals surface area contributed by atoms with E-state index in [-0.39, 0.29) is 24.1 Å². The van der Waals surface area contributed by atoms with Gasteiger partial charge < -0.3 is 9.47 Å². The summed E-state index contributed by atoms with van der Waals surface area (Å²) >= 11 is 0. The number of hydroxylamine groups is 2. The van der Waals surface area contributed by atoms with Gasteiger partial charge in [-0.1, -0.05) is 0 Å². The molecule has 8 nitrogen and oxygen atoms in total. The first-order chi connectivity index (χ1) is 13.2. The molecule has 2 rings (SSSR count). The van der Waals surface area contributed by atoms with Crippen LogP contribution in [0.5, 0.6) is 0 Å². The fraction of sp³-hybridized carbons (Fsp3) is 0.857. The molecule has 2 atom stereocenters. The lowest BCUT2D eigenvalue weighted by molar-refractivity contribution is -0.297. The average Bonchev–Trinajstić information content (AvgIpc) is 2.86. The van der Waals surface area contributed by atoms with Crippen LogP contribution in [0, 0.1) is 0 Å². The molecule has 0 aliphatic carbocycles. The van der Waals surface area contributed by atoms with Crippen LogP contribution in [-0.2, 0) is 23.9 Å². The largest absolute Gasteiger partial charge is 0.464 e. The Morgan fingerprint density at radius 3 is 2.14 bits per heavy atom. The number of carbonyl (C=O) groups is 3. The van der Waals surface area contributed by atoms with Crippen molar-refractivity contribution in [2.24, 2.45) is 0 Å². The minimum absolute atomic E-state index is 0.0412. The maximum absolute atomic E-state index is 13.1. The summed E-state index contributed by atoms with van der Waals surface area (Å²) in [6.07, 6.45) is 1.15. The van der Waals surface area contributed by atoms with Gasteiger partial charge >= 0.3 is 12.1 Å². The standard InChI is InChI=1S/C21H36N2O6/c1-9-27-17(25)14-13-15(16(24)22(14)18(26)28-19(2,3)4)29-23-20(5,6)11-10-12-21(23,7)8/h14-15H,9-13H2,1-8H3/t14-,15+/m0/s1. The second kappa shape index (κ2) is 8.22. The number of hydrogen-bond acceptors (Lipinski definition) is 7. The van der Waals surface area contributed by atoms with Crippen LogP contribution in [0.1, 0.15) is 81.1 Å². The fourth-order valence-corrected chi connectivity index (χ4v) is 4.16. The highest BCUT2D eigenvalue weighted by atomic mass is 16.7. The third kappa shape index (κ3) is 5.28. The molecule has 2 fully saturated rings. The lowest BCUT2D eigenvalue weighted by Crippen LogP contribution is -2.59. The van der Waals surface area contributed by atoms with Gasteiger partial charge in [-0.3, -0.25) is 9.63 Å². The monoisotopic (exact) mass is 412 g/mol. The number of esters is 1. The fourth-order valence-electron chi connectivity index (χ4n) is 4.16. The van der Waals surface area contributed by atoms with Crippen LogP contribution in [-0.4, -0.2) is 63.4 Å². The highest BCUT2D eigenvalue weighted by Crippen LogP contribution is 2.40. The number of nitrogens with zero attached hydrogens (tertiary/aromatic N) is 2. The van der Waals surface area contributed by atoms with Gasteiger partial charge in [0.15, 0.2) is 6.10 Å². The van der Waals surface area contributed by atoms with Crippen LogP contribution in [0.2, 0.25) is 0 Å². The van der Waals surface area contributed by atoms with Crippen LogP contribution in [0.15, 0.2) is 0 Å². The van der Waals surface area contributed by atoms with E-state index >= 15 is 0 Å². The lowest BCUT2D eigenvalue weighted by atomic mass is 9.82. The first-order valence-corrected chi connectivity index (χ1v) is 10.4. The number of imide groups is 1. The zero-order valence-corrected chi connectivity index (χ0v) is 19.0. The van der Waals surface area contributed by atoms with Crippen molar-refractivity contribution in [3.63, 3.8) is 0 Å². The lowest BCUT2D eigenvalue weighted by Gasteiger charge is -2.51. The number of likely N-dealkylation sites (tertiary alicyclic amines) is 1. The van der Waals surface area contributed by atoms with Gasteiger partial charge in [-0.05, 0) is 74.7 Å². The number of amides is 2. The Morgan fingerprint density at radius 1 is 1.10 bits per heavy atom. The van der Waals surface area contributed by atoms with E-state index in [9.17, 15) is 14.4 Å². The molecule has 0 spiro atoms. The van der Waals surface area contributed by atoms with E-state index in [2.05, 4.69) is 27.7 Å². The van der Waals surface area contributed by atoms with Gasteiger partial charge in [-0.25, -0.2) is 14.5 Å². The maximum Gasteiger partial charge on any atom is 0.417 e. The molecule has 29 heavy (non-hydrogen) atoms. The smallest absolute Gasteiger partial charge is 0.417 e. The van der Waals surface area contributed by atoms with Crippen molar-refractivity contribution in [1.82, 2.24) is 9.96 Å². The van der Waals surface area contributed by atoms with E-state index in [1.54, 1.807) is 27.7 Å². The van der Waals surface area contributed by atoms with E-state index in [4.69, 9.17) is 14.3 Å². The second-order valence-corrected chi connectivity index (χ2v) is 10.1. The topological polar surface area (TPSA) is 85.4 Å². The Kier molecular flexibility index (Phi) is 6.69. The van der Waals surface area contributed by atoms with Crippen molar-refractivity contribution >= 4 is 18.0 Å². The van der Waals surface area contributed by atoms with Gasteiger partial charge in [0, 0.05) is 17.5 Å². The molecule has 0 aromatic carbocycles. The van der Waals surface area contributed by atoms with E-state index in [0.29, 0.717) is 0 Å². The van der Waals surface area contributed by atoms with Crippen molar-refractivity contribution in [2.75, 3.05) is 6.61 Å². The quantitative estimate of drug-likeness (QED) is 0.654. The molecule has 0 aromatic heterocycles. The molecule has 0 N–H and O–H groups in total. The zero-order valence-electron chi connectivity index (χ0n) is 19.0. The van der Waals surface area contributed by atoms with Gasteiger partial charge in [0.05, 0.1) is 6.61 Å². The molecule has 2 amide bonds. The van der Waals surface area contributed by atoms with Gasteiger partial charge in [0.2, 0.25) is 0 Å². The van der Waals surface area contributed by atoms with Crippen LogP contribution in [0.4, 0.5) is 4.79 Å². The second-order valence-electron chi connectivity index (χ2n) is 10.1. The molecular weight excluding hydrogens is 376 g/mol. The van der Waals surface area contributed by atoms with E-state index in [1.807, 2.05) is 5.06 Å². The summed E-state index contributed by atoms with van der Waals surface area (Å²) in [6, 6.07) is -1.06. The highest BCUT2D eigenvalue weighted by molar-refractivity contribution is 6.01. The Labute approximate surface area is 173 Å². The third-order valence-electron chi connectivity index (χ3n) is 5.32. The summed E-state index contributed by atoms with van der Waals surface area (Å²) in [6.45, 7) is 15.2. The van der Waals surface area contributed by atoms with E-state index in [0.717, 1.165) is 24.2 Å². The number of piperidine rings is 1. The molecule has 0 aromatic rings. The summed E-state index contributed by atoms with van der Waals surface area (Å²) in [5.74, 6) is -1.20. The third-order valence-corrected chi connectivity index (χ3v) is 5.32. The summed E-state index contributed by atoms with van der Waals surface area (Å²) in [7, 11) is 0. The molecular formula is C21H36N2O6. The maximum atomic E-state index is 13.1. The minimum Gasteiger partial charge on any atom is -0.464 e. The summed E-state index contributed by atoms with van der Waals surface area (Å²) in [5, 5.41) is 1.87. The Bertz CT molecular complexity index is 636. The zero-order chi connectivity index (χ0) is 22.2. The van der Waals surface area contributed by atoms with Crippen molar-refractivity contribution in [1.29, 1.82) is 0 Å². The van der Waals surface area contributed by atoms with Crippen LogP contribution < -0.4 is 0 Å².